The Balaban J connectivity index is 1.74. The van der Waals surface area contributed by atoms with Crippen LogP contribution >= 0.6 is 11.3 Å². The highest BCUT2D eigenvalue weighted by Crippen LogP contribution is 2.31. The zero-order valence-corrected chi connectivity index (χ0v) is 13.3. The van der Waals surface area contributed by atoms with Crippen LogP contribution in [-0.2, 0) is 4.79 Å². The van der Waals surface area contributed by atoms with Gasteiger partial charge in [-0.2, -0.15) is 5.26 Å². The Morgan fingerprint density at radius 1 is 1.17 bits per heavy atom. The summed E-state index contributed by atoms with van der Waals surface area (Å²) in [6.45, 7) is 2.05. The largest absolute Gasteiger partial charge is 0.423 e. The maximum atomic E-state index is 11.9. The summed E-state index contributed by atoms with van der Waals surface area (Å²) in [7, 11) is 0. The van der Waals surface area contributed by atoms with Gasteiger partial charge in [-0.1, -0.05) is 18.2 Å². The highest BCUT2D eigenvalue weighted by atomic mass is 32.1. The first-order valence-electron chi connectivity index (χ1n) is 7.05. The number of fused-ring (bicyclic) bond motifs is 1. The lowest BCUT2D eigenvalue weighted by Gasteiger charge is -2.00. The average molecular weight is 319 g/mol. The van der Waals surface area contributed by atoms with Crippen LogP contribution in [-0.4, -0.2) is 5.97 Å². The van der Waals surface area contributed by atoms with Crippen molar-refractivity contribution in [3.05, 3.63) is 70.6 Å². The van der Waals surface area contributed by atoms with E-state index in [0.717, 1.165) is 10.4 Å². The number of esters is 1. The highest BCUT2D eigenvalue weighted by molar-refractivity contribution is 7.20. The maximum absolute atomic E-state index is 11.9. The summed E-state index contributed by atoms with van der Waals surface area (Å²) in [5, 5.41) is 9.94. The van der Waals surface area contributed by atoms with Crippen LogP contribution in [0.2, 0.25) is 0 Å². The molecule has 0 unspecified atom stereocenters. The van der Waals surface area contributed by atoms with Gasteiger partial charge < -0.3 is 4.74 Å². The van der Waals surface area contributed by atoms with Gasteiger partial charge in [-0.25, -0.2) is 4.79 Å². The third kappa shape index (κ3) is 3.31. The smallest absolute Gasteiger partial charge is 0.336 e. The quantitative estimate of drug-likeness (QED) is 0.399. The SMILES string of the molecule is Cc1c(C=CC(=O)Oc2ccc(C#N)cc2)sc2ccccc12. The standard InChI is InChI=1S/C19H13NO2S/c1-13-16-4-2-3-5-18(16)23-17(13)10-11-19(21)22-15-8-6-14(12-20)7-9-15/h2-11H,1H3. The van der Waals surface area contributed by atoms with Gasteiger partial charge in [-0.3, -0.25) is 0 Å². The third-order valence-electron chi connectivity index (χ3n) is 3.45. The molecule has 112 valence electrons. The first-order chi connectivity index (χ1) is 11.2. The molecule has 3 nitrogen and oxygen atoms in total. The Morgan fingerprint density at radius 3 is 2.61 bits per heavy atom. The number of hydrogen-bond donors (Lipinski definition) is 0. The van der Waals surface area contributed by atoms with E-state index >= 15 is 0 Å². The molecule has 0 aliphatic heterocycles. The molecule has 0 bridgehead atoms. The number of carbonyl (C=O) groups is 1. The van der Waals surface area contributed by atoms with Gasteiger partial charge in [0.15, 0.2) is 0 Å². The minimum Gasteiger partial charge on any atom is -0.423 e. The van der Waals surface area contributed by atoms with E-state index in [9.17, 15) is 4.79 Å². The summed E-state index contributed by atoms with van der Waals surface area (Å²) in [6.07, 6.45) is 3.21. The second-order valence-corrected chi connectivity index (χ2v) is 6.06. The molecule has 0 saturated carbocycles. The molecule has 23 heavy (non-hydrogen) atoms. The molecule has 0 aliphatic rings. The fourth-order valence-electron chi connectivity index (χ4n) is 2.24. The number of rotatable bonds is 3. The number of benzene rings is 2. The van der Waals surface area contributed by atoms with Crippen LogP contribution in [0.1, 0.15) is 16.0 Å². The minimum absolute atomic E-state index is 0.423. The van der Waals surface area contributed by atoms with E-state index in [0.29, 0.717) is 11.3 Å². The molecule has 3 rings (SSSR count). The third-order valence-corrected chi connectivity index (χ3v) is 4.69. The van der Waals surface area contributed by atoms with Gasteiger partial charge in [0.2, 0.25) is 0 Å². The molecule has 1 heterocycles. The Kier molecular flexibility index (Phi) is 4.22. The van der Waals surface area contributed by atoms with Crippen molar-refractivity contribution < 1.29 is 9.53 Å². The summed E-state index contributed by atoms with van der Waals surface area (Å²) < 4.78 is 6.42. The fourth-order valence-corrected chi connectivity index (χ4v) is 3.36. The molecular weight excluding hydrogens is 306 g/mol. The van der Waals surface area contributed by atoms with Crippen LogP contribution in [0, 0.1) is 18.3 Å². The van der Waals surface area contributed by atoms with Gasteiger partial charge in [-0.15, -0.1) is 11.3 Å². The lowest BCUT2D eigenvalue weighted by molar-refractivity contribution is -0.128. The number of nitrogens with zero attached hydrogens (tertiary/aromatic N) is 1. The monoisotopic (exact) mass is 319 g/mol. The molecule has 3 aromatic rings. The van der Waals surface area contributed by atoms with Crippen molar-refractivity contribution in [2.24, 2.45) is 0 Å². The molecule has 0 N–H and O–H groups in total. The minimum atomic E-state index is -0.438. The van der Waals surface area contributed by atoms with Crippen LogP contribution in [0.4, 0.5) is 0 Å². The molecule has 0 radical (unpaired) electrons. The molecule has 0 aliphatic carbocycles. The normalized spacial score (nSPS) is 10.8. The number of carbonyl (C=O) groups excluding carboxylic acids is 1. The van der Waals surface area contributed by atoms with Crippen molar-refractivity contribution in [2.75, 3.05) is 0 Å². The van der Waals surface area contributed by atoms with Gasteiger partial charge in [0, 0.05) is 15.7 Å². The number of nitriles is 1. The number of hydrogen-bond acceptors (Lipinski definition) is 4. The van der Waals surface area contributed by atoms with Gasteiger partial charge in [0.05, 0.1) is 11.6 Å². The Hall–Kier alpha value is -2.90. The fraction of sp³-hybridized carbons (Fsp3) is 0.0526. The van der Waals surface area contributed by atoms with Crippen LogP contribution in [0.3, 0.4) is 0 Å². The van der Waals surface area contributed by atoms with Crippen LogP contribution in [0.25, 0.3) is 16.2 Å². The summed E-state index contributed by atoms with van der Waals surface area (Å²) in [5.41, 5.74) is 1.69. The summed E-state index contributed by atoms with van der Waals surface area (Å²) in [5.74, 6) is -0.0155. The summed E-state index contributed by atoms with van der Waals surface area (Å²) in [6, 6.07) is 16.6. The maximum Gasteiger partial charge on any atom is 0.336 e. The molecule has 0 fully saturated rings. The second kappa shape index (κ2) is 6.47. The van der Waals surface area contributed by atoms with Gasteiger partial charge in [-0.05, 0) is 54.3 Å². The van der Waals surface area contributed by atoms with Crippen molar-refractivity contribution in [2.45, 2.75) is 6.92 Å². The predicted octanol–water partition coefficient (Wildman–Crippen LogP) is 4.70. The average Bonchev–Trinajstić information content (AvgIpc) is 2.90. The molecular formula is C19H13NO2S. The van der Waals surface area contributed by atoms with E-state index in [1.165, 1.54) is 16.2 Å². The first kappa shape index (κ1) is 15.0. The van der Waals surface area contributed by atoms with E-state index < -0.39 is 5.97 Å². The number of aryl methyl sites for hydroxylation is 1. The van der Waals surface area contributed by atoms with E-state index in [2.05, 4.69) is 12.1 Å². The van der Waals surface area contributed by atoms with Crippen molar-refractivity contribution in [1.29, 1.82) is 5.26 Å². The van der Waals surface area contributed by atoms with E-state index in [-0.39, 0.29) is 0 Å². The van der Waals surface area contributed by atoms with Crippen molar-refractivity contribution in [1.82, 2.24) is 0 Å². The van der Waals surface area contributed by atoms with Crippen molar-refractivity contribution >= 4 is 33.5 Å². The molecule has 2 aromatic carbocycles. The van der Waals surface area contributed by atoms with Gasteiger partial charge in [0.1, 0.15) is 5.75 Å². The zero-order chi connectivity index (χ0) is 16.2. The second-order valence-electron chi connectivity index (χ2n) is 4.98. The Labute approximate surface area is 138 Å². The van der Waals surface area contributed by atoms with Crippen molar-refractivity contribution in [3.63, 3.8) is 0 Å². The van der Waals surface area contributed by atoms with Crippen molar-refractivity contribution in [3.8, 4) is 11.8 Å². The number of thiophene rings is 1. The highest BCUT2D eigenvalue weighted by Gasteiger charge is 2.06. The van der Waals surface area contributed by atoms with E-state index in [4.69, 9.17) is 10.00 Å². The van der Waals surface area contributed by atoms with Crippen LogP contribution in [0.15, 0.2) is 54.6 Å². The van der Waals surface area contributed by atoms with E-state index in [1.54, 1.807) is 41.7 Å². The van der Waals surface area contributed by atoms with Crippen LogP contribution < -0.4 is 4.74 Å². The van der Waals surface area contributed by atoms with E-state index in [1.807, 2.05) is 25.1 Å². The van der Waals surface area contributed by atoms with Gasteiger partial charge >= 0.3 is 5.97 Å². The molecule has 0 atom stereocenters. The number of ether oxygens (including phenoxy) is 1. The molecule has 4 heteroatoms. The summed E-state index contributed by atoms with van der Waals surface area (Å²) >= 11 is 1.65. The Bertz CT molecular complexity index is 930. The lowest BCUT2D eigenvalue weighted by atomic mass is 10.1. The van der Waals surface area contributed by atoms with Crippen LogP contribution in [0.5, 0.6) is 5.75 Å². The Morgan fingerprint density at radius 2 is 1.91 bits per heavy atom. The molecule has 0 saturated heterocycles. The predicted molar refractivity (Wildman–Crippen MR) is 92.4 cm³/mol. The van der Waals surface area contributed by atoms with Gasteiger partial charge in [0.25, 0.3) is 0 Å². The first-order valence-corrected chi connectivity index (χ1v) is 7.87. The lowest BCUT2D eigenvalue weighted by Crippen LogP contribution is -2.03. The molecule has 0 spiro atoms. The zero-order valence-electron chi connectivity index (χ0n) is 12.4. The molecule has 0 amide bonds. The molecule has 1 aromatic heterocycles. The summed E-state index contributed by atoms with van der Waals surface area (Å²) in [4.78, 5) is 12.9. The topological polar surface area (TPSA) is 50.1 Å².